The van der Waals surface area contributed by atoms with Crippen LogP contribution in [0.3, 0.4) is 0 Å². The number of rotatable bonds is 4. The number of ketones is 2. The van der Waals surface area contributed by atoms with E-state index in [1.807, 2.05) is 0 Å². The van der Waals surface area contributed by atoms with Crippen LogP contribution < -0.4 is 0 Å². The second-order valence-electron chi connectivity index (χ2n) is 3.92. The predicted octanol–water partition coefficient (Wildman–Crippen LogP) is 0.974. The van der Waals surface area contributed by atoms with Gasteiger partial charge in [-0.1, -0.05) is 0 Å². The van der Waals surface area contributed by atoms with E-state index in [4.69, 9.17) is 0 Å². The van der Waals surface area contributed by atoms with Crippen molar-refractivity contribution in [2.45, 2.75) is 13.3 Å². The van der Waals surface area contributed by atoms with Gasteiger partial charge in [0.1, 0.15) is 5.69 Å². The Hall–Kier alpha value is -2.37. The minimum absolute atomic E-state index is 0.201. The van der Waals surface area contributed by atoms with Crippen LogP contribution in [-0.2, 0) is 7.05 Å². The molecule has 2 aromatic rings. The first-order valence-electron chi connectivity index (χ1n) is 5.40. The minimum Gasteiger partial charge on any atom is -0.294 e. The van der Waals surface area contributed by atoms with Gasteiger partial charge >= 0.3 is 0 Å². The highest BCUT2D eigenvalue weighted by Crippen LogP contribution is 2.10. The molecule has 92 valence electrons. The molecule has 6 nitrogen and oxygen atoms in total. The van der Waals surface area contributed by atoms with Crippen molar-refractivity contribution in [2.24, 2.45) is 7.05 Å². The third kappa shape index (κ3) is 2.48. The van der Waals surface area contributed by atoms with Crippen LogP contribution in [-0.4, -0.2) is 31.3 Å². The van der Waals surface area contributed by atoms with Gasteiger partial charge in [0, 0.05) is 25.6 Å². The Labute approximate surface area is 104 Å². The molecule has 0 saturated carbocycles. The van der Waals surface area contributed by atoms with Gasteiger partial charge in [0.2, 0.25) is 0 Å². The van der Waals surface area contributed by atoms with Gasteiger partial charge in [-0.05, 0) is 6.92 Å². The molecule has 2 rings (SSSR count). The van der Waals surface area contributed by atoms with Crippen LogP contribution >= 0.6 is 0 Å². The summed E-state index contributed by atoms with van der Waals surface area (Å²) in [6.45, 7) is 1.74. The summed E-state index contributed by atoms with van der Waals surface area (Å²) in [6.07, 6.45) is 5.65. The van der Waals surface area contributed by atoms with Gasteiger partial charge < -0.3 is 0 Å². The van der Waals surface area contributed by atoms with Crippen molar-refractivity contribution in [1.82, 2.24) is 19.7 Å². The first-order valence-corrected chi connectivity index (χ1v) is 5.40. The number of nitrogens with zero attached hydrogens (tertiary/aromatic N) is 4. The maximum Gasteiger partial charge on any atom is 0.190 e. The SMILES string of the molecule is Cc1nn(C)cc1C(=O)CC(=O)c1cnccn1. The molecule has 0 aliphatic heterocycles. The van der Waals surface area contributed by atoms with E-state index in [0.29, 0.717) is 11.3 Å². The topological polar surface area (TPSA) is 77.7 Å². The number of hydrogen-bond donors (Lipinski definition) is 0. The Morgan fingerprint density at radius 1 is 1.28 bits per heavy atom. The lowest BCUT2D eigenvalue weighted by Gasteiger charge is -1.98. The lowest BCUT2D eigenvalue weighted by atomic mass is 10.1. The van der Waals surface area contributed by atoms with Gasteiger partial charge in [0.15, 0.2) is 11.6 Å². The molecule has 0 bridgehead atoms. The Bertz CT molecular complexity index is 589. The van der Waals surface area contributed by atoms with Crippen LogP contribution in [0, 0.1) is 6.92 Å². The summed E-state index contributed by atoms with van der Waals surface area (Å²) in [5.74, 6) is -0.590. The number of carbonyl (C=O) groups is 2. The summed E-state index contributed by atoms with van der Waals surface area (Å²) in [5, 5.41) is 4.07. The Morgan fingerprint density at radius 2 is 2.06 bits per heavy atom. The average Bonchev–Trinajstić information content (AvgIpc) is 2.69. The van der Waals surface area contributed by atoms with E-state index in [9.17, 15) is 9.59 Å². The van der Waals surface area contributed by atoms with Crippen LogP contribution in [0.4, 0.5) is 0 Å². The van der Waals surface area contributed by atoms with Crippen LogP contribution in [0.2, 0.25) is 0 Å². The van der Waals surface area contributed by atoms with Crippen molar-refractivity contribution in [3.05, 3.63) is 41.7 Å². The first-order chi connectivity index (χ1) is 8.58. The second kappa shape index (κ2) is 4.87. The van der Waals surface area contributed by atoms with Crippen molar-refractivity contribution < 1.29 is 9.59 Å². The maximum absolute atomic E-state index is 11.9. The highest BCUT2D eigenvalue weighted by molar-refractivity contribution is 6.13. The van der Waals surface area contributed by atoms with Crippen molar-refractivity contribution in [1.29, 1.82) is 0 Å². The third-order valence-electron chi connectivity index (χ3n) is 2.48. The van der Waals surface area contributed by atoms with Crippen molar-refractivity contribution >= 4 is 11.6 Å². The smallest absolute Gasteiger partial charge is 0.190 e. The number of aryl methyl sites for hydroxylation is 2. The zero-order chi connectivity index (χ0) is 13.1. The first kappa shape index (κ1) is 12.1. The Morgan fingerprint density at radius 3 is 2.61 bits per heavy atom. The van der Waals surface area contributed by atoms with Gasteiger partial charge in [0.25, 0.3) is 0 Å². The van der Waals surface area contributed by atoms with E-state index < -0.39 is 0 Å². The van der Waals surface area contributed by atoms with E-state index in [-0.39, 0.29) is 23.7 Å². The molecule has 0 aromatic carbocycles. The quantitative estimate of drug-likeness (QED) is 0.591. The molecule has 0 aliphatic rings. The molecule has 6 heteroatoms. The zero-order valence-electron chi connectivity index (χ0n) is 10.1. The summed E-state index contributed by atoms with van der Waals surface area (Å²) in [6, 6.07) is 0. The molecule has 2 aromatic heterocycles. The third-order valence-corrected chi connectivity index (χ3v) is 2.48. The fourth-order valence-electron chi connectivity index (χ4n) is 1.65. The minimum atomic E-state index is -0.337. The molecule has 0 fully saturated rings. The van der Waals surface area contributed by atoms with Crippen LogP contribution in [0.1, 0.15) is 33.0 Å². The standard InChI is InChI=1S/C12H12N4O2/c1-8-9(7-16(2)15-8)11(17)5-12(18)10-6-13-3-4-14-10/h3-4,6-7H,5H2,1-2H3. The molecular weight excluding hydrogens is 232 g/mol. The van der Waals surface area contributed by atoms with Crippen molar-refractivity contribution in [2.75, 3.05) is 0 Å². The fraction of sp³-hybridized carbons (Fsp3) is 0.250. The second-order valence-corrected chi connectivity index (χ2v) is 3.92. The molecule has 2 heterocycles. The van der Waals surface area contributed by atoms with E-state index in [1.54, 1.807) is 24.9 Å². The van der Waals surface area contributed by atoms with Gasteiger partial charge in [-0.3, -0.25) is 19.3 Å². The average molecular weight is 244 g/mol. The molecule has 0 spiro atoms. The summed E-state index contributed by atoms with van der Waals surface area (Å²) in [4.78, 5) is 31.4. The van der Waals surface area contributed by atoms with E-state index in [1.165, 1.54) is 18.6 Å². The maximum atomic E-state index is 11.9. The van der Waals surface area contributed by atoms with E-state index >= 15 is 0 Å². The zero-order valence-corrected chi connectivity index (χ0v) is 10.1. The van der Waals surface area contributed by atoms with Crippen LogP contribution in [0.15, 0.2) is 24.8 Å². The van der Waals surface area contributed by atoms with Gasteiger partial charge in [-0.15, -0.1) is 0 Å². The summed E-state index contributed by atoms with van der Waals surface area (Å²) in [5.41, 5.74) is 1.29. The van der Waals surface area contributed by atoms with Gasteiger partial charge in [0.05, 0.1) is 23.9 Å². The monoisotopic (exact) mass is 244 g/mol. The molecule has 0 N–H and O–H groups in total. The number of aromatic nitrogens is 4. The summed E-state index contributed by atoms with van der Waals surface area (Å²) in [7, 11) is 1.73. The lowest BCUT2D eigenvalue weighted by molar-refractivity contribution is 0.0891. The molecule has 0 amide bonds. The Balaban J connectivity index is 2.13. The summed E-state index contributed by atoms with van der Waals surface area (Å²) < 4.78 is 1.55. The molecular formula is C12H12N4O2. The largest absolute Gasteiger partial charge is 0.294 e. The normalized spacial score (nSPS) is 10.3. The predicted molar refractivity (Wildman–Crippen MR) is 63.3 cm³/mol. The number of Topliss-reactive ketones (excluding diaryl/α,β-unsaturated/α-hetero) is 2. The Kier molecular flexibility index (Phi) is 3.27. The molecule has 0 aliphatic carbocycles. The van der Waals surface area contributed by atoms with Gasteiger partial charge in [-0.25, -0.2) is 4.98 Å². The van der Waals surface area contributed by atoms with E-state index in [2.05, 4.69) is 15.1 Å². The number of hydrogen-bond acceptors (Lipinski definition) is 5. The molecule has 0 radical (unpaired) electrons. The van der Waals surface area contributed by atoms with Crippen molar-refractivity contribution in [3.8, 4) is 0 Å². The lowest BCUT2D eigenvalue weighted by Crippen LogP contribution is -2.10. The molecule has 18 heavy (non-hydrogen) atoms. The fourth-order valence-corrected chi connectivity index (χ4v) is 1.65. The van der Waals surface area contributed by atoms with Gasteiger partial charge in [-0.2, -0.15) is 5.10 Å². The van der Waals surface area contributed by atoms with Crippen LogP contribution in [0.25, 0.3) is 0 Å². The van der Waals surface area contributed by atoms with Crippen molar-refractivity contribution in [3.63, 3.8) is 0 Å². The number of carbonyl (C=O) groups excluding carboxylic acids is 2. The highest BCUT2D eigenvalue weighted by atomic mass is 16.1. The van der Waals surface area contributed by atoms with E-state index in [0.717, 1.165) is 0 Å². The summed E-state index contributed by atoms with van der Waals surface area (Å²) >= 11 is 0. The molecule has 0 atom stereocenters. The molecule has 0 unspecified atom stereocenters. The van der Waals surface area contributed by atoms with Crippen LogP contribution in [0.5, 0.6) is 0 Å². The molecule has 0 saturated heterocycles. The highest BCUT2D eigenvalue weighted by Gasteiger charge is 2.18.